The van der Waals surface area contributed by atoms with Crippen molar-refractivity contribution in [1.29, 1.82) is 0 Å². The number of amides is 2. The van der Waals surface area contributed by atoms with E-state index < -0.39 is 58.0 Å². The molecule has 5 rings (SSSR count). The summed E-state index contributed by atoms with van der Waals surface area (Å²) in [5, 5.41) is 47.3. The zero-order chi connectivity index (χ0) is 34.1. The third kappa shape index (κ3) is 6.03. The average Bonchev–Trinajstić information content (AvgIpc) is 2.97. The number of aryl methyl sites for hydroxylation is 1. The summed E-state index contributed by atoms with van der Waals surface area (Å²) in [4.78, 5) is 50.9. The van der Waals surface area contributed by atoms with Gasteiger partial charge in [-0.3, -0.25) is 24.1 Å². The Balaban J connectivity index is 0.000000468. The molecule has 0 saturated heterocycles. The fourth-order valence-electron chi connectivity index (χ4n) is 6.81. The second kappa shape index (κ2) is 13.5. The lowest BCUT2D eigenvalue weighted by Gasteiger charge is -2.50. The molecule has 2 aromatic rings. The van der Waals surface area contributed by atoms with Crippen LogP contribution in [0.2, 0.25) is 0 Å². The fourth-order valence-corrected chi connectivity index (χ4v) is 6.81. The number of phenols is 1. The summed E-state index contributed by atoms with van der Waals surface area (Å²) >= 11 is 0. The van der Waals surface area contributed by atoms with E-state index in [-0.39, 0.29) is 35.6 Å². The number of rotatable bonds is 7. The summed E-state index contributed by atoms with van der Waals surface area (Å²) in [5.74, 6) is -6.59. The molecule has 0 aliphatic heterocycles. The SMILES string of the molecule is COCCCNC(C)=O.Cc1cccc(-c2ccc(O)c3c2CC2CC4[C@H](N(C)C)C(=O)C(C(N)=O)=C(O)[C@@]4(O)C(=O)C2=C3O)c1. The molecule has 0 radical (unpaired) electrons. The minimum Gasteiger partial charge on any atom is -0.508 e. The third-order valence-corrected chi connectivity index (χ3v) is 8.83. The van der Waals surface area contributed by atoms with Crippen LogP contribution in [0.1, 0.15) is 36.5 Å². The van der Waals surface area contributed by atoms with Crippen molar-refractivity contribution in [2.24, 2.45) is 17.6 Å². The topological polar surface area (TPSA) is 200 Å². The van der Waals surface area contributed by atoms with Crippen molar-refractivity contribution in [1.82, 2.24) is 10.2 Å². The first kappa shape index (κ1) is 34.4. The number of aliphatic hydroxyl groups excluding tert-OH is 2. The summed E-state index contributed by atoms with van der Waals surface area (Å²) in [6.07, 6.45) is 1.18. The molecule has 1 saturated carbocycles. The van der Waals surface area contributed by atoms with Gasteiger partial charge in [0.05, 0.1) is 11.6 Å². The van der Waals surface area contributed by atoms with Crippen molar-refractivity contribution < 1.29 is 44.3 Å². The number of nitrogens with two attached hydrogens (primary N) is 1. The Hall–Kier alpha value is -4.52. The van der Waals surface area contributed by atoms with Gasteiger partial charge in [-0.1, -0.05) is 35.9 Å². The van der Waals surface area contributed by atoms with Crippen molar-refractivity contribution in [2.75, 3.05) is 34.4 Å². The number of carbonyl (C=O) groups excluding carboxylic acids is 4. The Kier molecular flexibility index (Phi) is 10.0. The number of carbonyl (C=O) groups is 4. The lowest BCUT2D eigenvalue weighted by molar-refractivity contribution is -0.153. The highest BCUT2D eigenvalue weighted by molar-refractivity contribution is 6.24. The number of likely N-dealkylation sites (N-methyl/N-ethyl adjacent to an activating group) is 1. The lowest BCUT2D eigenvalue weighted by atomic mass is 9.57. The van der Waals surface area contributed by atoms with Gasteiger partial charge in [0.2, 0.25) is 11.7 Å². The largest absolute Gasteiger partial charge is 0.508 e. The van der Waals surface area contributed by atoms with Crippen LogP contribution in [-0.2, 0) is 30.3 Å². The average molecular weight is 636 g/mol. The third-order valence-electron chi connectivity index (χ3n) is 8.83. The van der Waals surface area contributed by atoms with E-state index in [1.165, 1.54) is 17.9 Å². The molecule has 0 heterocycles. The number of hydrogen-bond donors (Lipinski definition) is 6. The quantitative estimate of drug-likeness (QED) is 0.193. The van der Waals surface area contributed by atoms with E-state index in [9.17, 15) is 39.6 Å². The molecule has 1 fully saturated rings. The van der Waals surface area contributed by atoms with Crippen molar-refractivity contribution in [3.63, 3.8) is 0 Å². The van der Waals surface area contributed by atoms with E-state index in [2.05, 4.69) is 5.32 Å². The molecule has 3 aliphatic carbocycles. The number of aliphatic hydroxyl groups is 3. The van der Waals surface area contributed by atoms with Crippen molar-refractivity contribution in [3.05, 3.63) is 70.0 Å². The van der Waals surface area contributed by atoms with Gasteiger partial charge < -0.3 is 36.2 Å². The van der Waals surface area contributed by atoms with E-state index in [0.29, 0.717) is 18.7 Å². The minimum absolute atomic E-state index is 0.0195. The normalized spacial score (nSPS) is 23.7. The van der Waals surface area contributed by atoms with Crippen LogP contribution in [0.5, 0.6) is 5.75 Å². The van der Waals surface area contributed by atoms with Crippen LogP contribution in [0.25, 0.3) is 16.9 Å². The molecule has 12 heteroatoms. The fraction of sp³-hybridized carbons (Fsp3) is 0.412. The van der Waals surface area contributed by atoms with Crippen molar-refractivity contribution in [3.8, 4) is 16.9 Å². The predicted octanol–water partition coefficient (Wildman–Crippen LogP) is 2.10. The Labute approximate surface area is 267 Å². The van der Waals surface area contributed by atoms with E-state index in [1.54, 1.807) is 27.3 Å². The predicted molar refractivity (Wildman–Crippen MR) is 170 cm³/mol. The summed E-state index contributed by atoms with van der Waals surface area (Å²) in [6, 6.07) is 9.82. The highest BCUT2D eigenvalue weighted by Crippen LogP contribution is 2.53. The van der Waals surface area contributed by atoms with E-state index in [4.69, 9.17) is 10.5 Å². The molecule has 246 valence electrons. The summed E-state index contributed by atoms with van der Waals surface area (Å²) in [5.41, 5.74) is 5.10. The van der Waals surface area contributed by atoms with Gasteiger partial charge in [0.25, 0.3) is 5.91 Å². The van der Waals surface area contributed by atoms with Crippen LogP contribution in [-0.4, -0.2) is 94.7 Å². The Morgan fingerprint density at radius 1 is 1.13 bits per heavy atom. The Morgan fingerprint density at radius 2 is 1.83 bits per heavy atom. The molecule has 0 spiro atoms. The lowest BCUT2D eigenvalue weighted by Crippen LogP contribution is -2.65. The molecule has 4 atom stereocenters. The van der Waals surface area contributed by atoms with Gasteiger partial charge >= 0.3 is 0 Å². The minimum atomic E-state index is -2.64. The number of phenolic OH excluding ortho intramolecular Hbond substituents is 1. The Morgan fingerprint density at radius 3 is 2.41 bits per heavy atom. The number of Topliss-reactive ketones (excluding diaryl/α,β-unsaturated/α-hetero) is 2. The first-order chi connectivity index (χ1) is 21.7. The highest BCUT2D eigenvalue weighted by atomic mass is 16.5. The number of aromatic hydroxyl groups is 1. The number of benzene rings is 2. The van der Waals surface area contributed by atoms with Gasteiger partial charge in [0.15, 0.2) is 11.4 Å². The molecule has 2 amide bonds. The van der Waals surface area contributed by atoms with E-state index in [0.717, 1.165) is 23.1 Å². The van der Waals surface area contributed by atoms with Gasteiger partial charge in [0.1, 0.15) is 22.8 Å². The monoisotopic (exact) mass is 635 g/mol. The van der Waals surface area contributed by atoms with E-state index in [1.807, 2.05) is 31.2 Å². The second-order valence-electron chi connectivity index (χ2n) is 12.1. The first-order valence-electron chi connectivity index (χ1n) is 15.0. The molecule has 0 aromatic heterocycles. The van der Waals surface area contributed by atoms with Crippen molar-refractivity contribution in [2.45, 2.75) is 44.8 Å². The zero-order valence-corrected chi connectivity index (χ0v) is 26.6. The smallest absolute Gasteiger partial charge is 0.255 e. The number of nitrogens with zero attached hydrogens (tertiary/aromatic N) is 1. The molecular weight excluding hydrogens is 594 g/mol. The molecule has 2 aromatic carbocycles. The van der Waals surface area contributed by atoms with Crippen LogP contribution in [0.3, 0.4) is 0 Å². The zero-order valence-electron chi connectivity index (χ0n) is 26.6. The van der Waals surface area contributed by atoms with Gasteiger partial charge in [-0.2, -0.15) is 0 Å². The number of ketones is 2. The highest BCUT2D eigenvalue weighted by Gasteiger charge is 2.64. The number of ether oxygens (including phenoxy) is 1. The van der Waals surface area contributed by atoms with Crippen LogP contribution >= 0.6 is 0 Å². The number of primary amides is 1. The molecule has 46 heavy (non-hydrogen) atoms. The summed E-state index contributed by atoms with van der Waals surface area (Å²) in [6.45, 7) is 4.88. The van der Waals surface area contributed by atoms with Gasteiger partial charge in [-0.25, -0.2) is 0 Å². The summed E-state index contributed by atoms with van der Waals surface area (Å²) < 4.78 is 4.77. The number of nitrogens with one attached hydrogen (secondary N) is 1. The van der Waals surface area contributed by atoms with Crippen LogP contribution in [0, 0.1) is 18.8 Å². The first-order valence-corrected chi connectivity index (χ1v) is 15.0. The molecule has 0 bridgehead atoms. The van der Waals surface area contributed by atoms with Crippen LogP contribution in [0.4, 0.5) is 0 Å². The summed E-state index contributed by atoms with van der Waals surface area (Å²) in [7, 11) is 4.79. The maximum atomic E-state index is 13.9. The second-order valence-corrected chi connectivity index (χ2v) is 12.1. The van der Waals surface area contributed by atoms with Crippen LogP contribution < -0.4 is 11.1 Å². The van der Waals surface area contributed by atoms with Crippen molar-refractivity contribution >= 4 is 29.1 Å². The molecule has 7 N–H and O–H groups in total. The van der Waals surface area contributed by atoms with Gasteiger partial charge in [-0.05, 0) is 69.0 Å². The number of methoxy groups -OCH3 is 1. The molecule has 2 unspecified atom stereocenters. The van der Waals surface area contributed by atoms with Gasteiger partial charge in [-0.15, -0.1) is 0 Å². The Bertz CT molecular complexity index is 1640. The van der Waals surface area contributed by atoms with E-state index >= 15 is 0 Å². The molecule has 12 nitrogen and oxygen atoms in total. The maximum absolute atomic E-state index is 13.9. The number of fused-ring (bicyclic) bond motifs is 3. The van der Waals surface area contributed by atoms with Gasteiger partial charge in [0, 0.05) is 38.7 Å². The standard InChI is InChI=1S/C28H28N2O7.C6H13NO2/c1-12-5-4-6-13(9-12)15-7-8-18(31)20-16(15)10-14-11-17-22(30(2)3)24(33)21(27(29)36)26(35)28(17,37)25(34)19(14)23(20)32;1-6(8)7-4-3-5-9-2/h4-9,14,17,22,31-32,35,37H,10-11H2,1-3H3,(H2,29,36);3-5H2,1-2H3,(H,7,8)/t14?,17?,22-,28-;/m0./s1. The van der Waals surface area contributed by atoms with Crippen LogP contribution in [0.15, 0.2) is 53.3 Å². The molecular formula is C34H41N3O9. The maximum Gasteiger partial charge on any atom is 0.255 e. The number of hydrogen-bond acceptors (Lipinski definition) is 10. The molecule has 3 aliphatic rings.